The van der Waals surface area contributed by atoms with Crippen molar-refractivity contribution in [2.75, 3.05) is 23.3 Å². The van der Waals surface area contributed by atoms with E-state index in [1.807, 2.05) is 0 Å². The van der Waals surface area contributed by atoms with E-state index in [2.05, 4.69) is 10.1 Å². The zero-order chi connectivity index (χ0) is 20.2. The van der Waals surface area contributed by atoms with E-state index in [0.29, 0.717) is 5.69 Å². The number of methoxy groups -OCH3 is 1. The minimum atomic E-state index is -4.20. The summed E-state index contributed by atoms with van der Waals surface area (Å²) in [4.78, 5) is 22.8. The number of esters is 1. The molecule has 0 aromatic heterocycles. The van der Waals surface area contributed by atoms with Crippen LogP contribution in [0.3, 0.4) is 0 Å². The number of hydrogen-bond acceptors (Lipinski definition) is 5. The van der Waals surface area contributed by atoms with Gasteiger partial charge in [0.25, 0.3) is 10.0 Å². The first-order valence-electron chi connectivity index (χ1n) is 7.58. The monoisotopic (exact) mass is 430 g/mol. The average Bonchev–Trinajstić information content (AvgIpc) is 2.60. The van der Waals surface area contributed by atoms with E-state index in [4.69, 9.17) is 23.2 Å². The Morgan fingerprint density at radius 3 is 2.11 bits per heavy atom. The number of sulfonamides is 1. The Kier molecular flexibility index (Phi) is 6.69. The van der Waals surface area contributed by atoms with Crippen LogP contribution in [0.25, 0.3) is 0 Å². The van der Waals surface area contributed by atoms with Crippen molar-refractivity contribution in [2.24, 2.45) is 0 Å². The second kappa shape index (κ2) is 8.60. The average molecular weight is 431 g/mol. The molecule has 27 heavy (non-hydrogen) atoms. The van der Waals surface area contributed by atoms with E-state index in [-0.39, 0.29) is 26.5 Å². The molecule has 144 valence electrons. The molecular formula is C17H16Cl2N2O5S. The van der Waals surface area contributed by atoms with Gasteiger partial charge in [-0.1, -0.05) is 29.3 Å². The number of nitrogens with zero attached hydrogens (tertiary/aromatic N) is 1. The Labute approximate surface area is 166 Å². The Hall–Kier alpha value is -2.29. The molecule has 0 saturated carbocycles. The second-order valence-corrected chi connectivity index (χ2v) is 8.04. The number of anilines is 2. The number of hydrogen-bond donors (Lipinski definition) is 1. The van der Waals surface area contributed by atoms with Crippen LogP contribution in [0.15, 0.2) is 47.4 Å². The van der Waals surface area contributed by atoms with Gasteiger partial charge in [-0.3, -0.25) is 13.9 Å². The molecule has 7 nitrogen and oxygen atoms in total. The topological polar surface area (TPSA) is 92.8 Å². The SMILES string of the molecule is COC(=O)CN(c1c(Cl)cccc1Cl)S(=O)(=O)c1ccc(NC(C)=O)cc1. The largest absolute Gasteiger partial charge is 0.468 e. The van der Waals surface area contributed by atoms with E-state index >= 15 is 0 Å². The van der Waals surface area contributed by atoms with Crippen molar-refractivity contribution in [3.05, 3.63) is 52.5 Å². The van der Waals surface area contributed by atoms with Crippen LogP contribution in [0, 0.1) is 0 Å². The zero-order valence-corrected chi connectivity index (χ0v) is 16.7. The normalized spacial score (nSPS) is 11.0. The number of carbonyl (C=O) groups excluding carboxylic acids is 2. The summed E-state index contributed by atoms with van der Waals surface area (Å²) in [5.41, 5.74) is 0.397. The van der Waals surface area contributed by atoms with Crippen LogP contribution >= 0.6 is 23.2 Å². The number of amides is 1. The third kappa shape index (κ3) is 4.91. The Morgan fingerprint density at radius 2 is 1.63 bits per heavy atom. The van der Waals surface area contributed by atoms with Crippen LogP contribution < -0.4 is 9.62 Å². The third-order valence-electron chi connectivity index (χ3n) is 3.45. The van der Waals surface area contributed by atoms with Crippen LogP contribution in [0.4, 0.5) is 11.4 Å². The molecule has 0 saturated heterocycles. The summed E-state index contributed by atoms with van der Waals surface area (Å²) >= 11 is 12.3. The molecule has 10 heteroatoms. The van der Waals surface area contributed by atoms with Gasteiger partial charge in [0.2, 0.25) is 5.91 Å². The Morgan fingerprint density at radius 1 is 1.07 bits per heavy atom. The molecule has 2 rings (SSSR count). The summed E-state index contributed by atoms with van der Waals surface area (Å²) in [5, 5.41) is 2.66. The summed E-state index contributed by atoms with van der Waals surface area (Å²) < 4.78 is 31.7. The van der Waals surface area contributed by atoms with Crippen LogP contribution in [0.1, 0.15) is 6.92 Å². The highest BCUT2D eigenvalue weighted by Gasteiger charge is 2.30. The number of nitrogens with one attached hydrogen (secondary N) is 1. The summed E-state index contributed by atoms with van der Waals surface area (Å²) in [6.07, 6.45) is 0. The van der Waals surface area contributed by atoms with Crippen molar-refractivity contribution in [3.63, 3.8) is 0 Å². The van der Waals surface area contributed by atoms with Gasteiger partial charge in [-0.2, -0.15) is 0 Å². The number of benzene rings is 2. The lowest BCUT2D eigenvalue weighted by atomic mass is 10.3. The number of rotatable bonds is 6. The molecule has 2 aromatic rings. The van der Waals surface area contributed by atoms with Crippen LogP contribution in [0.5, 0.6) is 0 Å². The quantitative estimate of drug-likeness (QED) is 0.709. The number of ether oxygens (including phenoxy) is 1. The molecule has 2 aromatic carbocycles. The molecule has 1 amide bonds. The van der Waals surface area contributed by atoms with Gasteiger partial charge in [-0.05, 0) is 36.4 Å². The van der Waals surface area contributed by atoms with E-state index in [0.717, 1.165) is 11.4 Å². The number of carbonyl (C=O) groups is 2. The summed E-state index contributed by atoms with van der Waals surface area (Å²) in [6.45, 7) is 0.720. The fraction of sp³-hybridized carbons (Fsp3) is 0.176. The van der Waals surface area contributed by atoms with E-state index in [1.165, 1.54) is 43.3 Å². The maximum atomic E-state index is 13.1. The Balaban J connectivity index is 2.53. The minimum Gasteiger partial charge on any atom is -0.468 e. The third-order valence-corrected chi connectivity index (χ3v) is 5.82. The van der Waals surface area contributed by atoms with Crippen LogP contribution in [-0.4, -0.2) is 33.9 Å². The molecule has 0 aliphatic rings. The van der Waals surface area contributed by atoms with E-state index in [9.17, 15) is 18.0 Å². The van der Waals surface area contributed by atoms with Gasteiger partial charge in [0.1, 0.15) is 6.54 Å². The Bertz CT molecular complexity index is 942. The predicted molar refractivity (Wildman–Crippen MR) is 104 cm³/mol. The molecule has 0 fully saturated rings. The van der Waals surface area contributed by atoms with Crippen molar-refractivity contribution in [3.8, 4) is 0 Å². The molecule has 0 spiro atoms. The molecule has 0 heterocycles. The predicted octanol–water partition coefficient (Wildman–Crippen LogP) is 3.32. The summed E-state index contributed by atoms with van der Waals surface area (Å²) in [5.74, 6) is -1.08. The molecule has 0 atom stereocenters. The van der Waals surface area contributed by atoms with Crippen molar-refractivity contribution in [1.29, 1.82) is 0 Å². The summed E-state index contributed by atoms with van der Waals surface area (Å²) in [7, 11) is -3.06. The molecule has 0 aliphatic heterocycles. The number of para-hydroxylation sites is 1. The van der Waals surface area contributed by atoms with Crippen molar-refractivity contribution < 1.29 is 22.7 Å². The highest BCUT2D eigenvalue weighted by Crippen LogP contribution is 2.36. The van der Waals surface area contributed by atoms with Crippen molar-refractivity contribution in [2.45, 2.75) is 11.8 Å². The molecule has 0 aliphatic carbocycles. The maximum Gasteiger partial charge on any atom is 0.326 e. The molecule has 0 unspecified atom stereocenters. The highest BCUT2D eigenvalue weighted by atomic mass is 35.5. The standard InChI is InChI=1S/C17H16Cl2N2O5S/c1-11(22)20-12-6-8-13(9-7-12)27(24,25)21(10-16(23)26-2)17-14(18)4-3-5-15(17)19/h3-9H,10H2,1-2H3,(H,20,22). The lowest BCUT2D eigenvalue weighted by Gasteiger charge is -2.25. The van der Waals surface area contributed by atoms with Gasteiger partial charge in [0.05, 0.1) is 27.7 Å². The molecule has 0 bridgehead atoms. The summed E-state index contributed by atoms with van der Waals surface area (Å²) in [6, 6.07) is 9.94. The van der Waals surface area contributed by atoms with Gasteiger partial charge >= 0.3 is 5.97 Å². The number of halogens is 2. The minimum absolute atomic E-state index is 0.0304. The van der Waals surface area contributed by atoms with Gasteiger partial charge < -0.3 is 10.1 Å². The fourth-order valence-electron chi connectivity index (χ4n) is 2.23. The van der Waals surface area contributed by atoms with Crippen molar-refractivity contribution in [1.82, 2.24) is 0 Å². The fourth-order valence-corrected chi connectivity index (χ4v) is 4.38. The maximum absolute atomic E-state index is 13.1. The van der Waals surface area contributed by atoms with Gasteiger partial charge in [0, 0.05) is 12.6 Å². The highest BCUT2D eigenvalue weighted by molar-refractivity contribution is 7.92. The molecular weight excluding hydrogens is 415 g/mol. The van der Waals surface area contributed by atoms with Crippen molar-refractivity contribution >= 4 is 56.5 Å². The first-order valence-corrected chi connectivity index (χ1v) is 9.77. The van der Waals surface area contributed by atoms with Gasteiger partial charge in [0.15, 0.2) is 0 Å². The zero-order valence-electron chi connectivity index (χ0n) is 14.4. The molecule has 0 radical (unpaired) electrons. The lowest BCUT2D eigenvalue weighted by molar-refractivity contribution is -0.138. The first kappa shape index (κ1) is 21.0. The second-order valence-electron chi connectivity index (χ2n) is 5.36. The van der Waals surface area contributed by atoms with E-state index < -0.39 is 22.5 Å². The van der Waals surface area contributed by atoms with Gasteiger partial charge in [-0.15, -0.1) is 0 Å². The van der Waals surface area contributed by atoms with E-state index in [1.54, 1.807) is 6.07 Å². The van der Waals surface area contributed by atoms with Crippen LogP contribution in [0.2, 0.25) is 10.0 Å². The first-order chi connectivity index (χ1) is 12.7. The van der Waals surface area contributed by atoms with Crippen LogP contribution in [-0.2, 0) is 24.3 Å². The smallest absolute Gasteiger partial charge is 0.326 e. The lowest BCUT2D eigenvalue weighted by Crippen LogP contribution is -2.36. The van der Waals surface area contributed by atoms with Gasteiger partial charge in [-0.25, -0.2) is 8.42 Å². The molecule has 1 N–H and O–H groups in total.